The Bertz CT molecular complexity index is 977. The second-order valence-electron chi connectivity index (χ2n) is 8.67. The van der Waals surface area contributed by atoms with Gasteiger partial charge in [0.15, 0.2) is 6.61 Å². The van der Waals surface area contributed by atoms with E-state index in [2.05, 4.69) is 22.6 Å². The molecule has 1 N–H and O–H groups in total. The second-order valence-corrected chi connectivity index (χ2v) is 8.67. The number of amides is 2. The molecule has 1 saturated heterocycles. The van der Waals surface area contributed by atoms with Gasteiger partial charge in [0.2, 0.25) is 5.91 Å². The van der Waals surface area contributed by atoms with Crippen LogP contribution >= 0.6 is 0 Å². The molecular formula is C25H31N3O4. The Morgan fingerprint density at radius 2 is 2.09 bits per heavy atom. The molecule has 7 nitrogen and oxygen atoms in total. The summed E-state index contributed by atoms with van der Waals surface area (Å²) in [5.41, 5.74) is 2.94. The highest BCUT2D eigenvalue weighted by Crippen LogP contribution is 2.24. The van der Waals surface area contributed by atoms with Gasteiger partial charge in [0, 0.05) is 37.0 Å². The third-order valence-corrected chi connectivity index (χ3v) is 6.48. The van der Waals surface area contributed by atoms with Crippen LogP contribution in [0.4, 0.5) is 0 Å². The van der Waals surface area contributed by atoms with E-state index in [1.54, 1.807) is 0 Å². The van der Waals surface area contributed by atoms with Crippen LogP contribution in [0.25, 0.3) is 0 Å². The van der Waals surface area contributed by atoms with Gasteiger partial charge in [-0.2, -0.15) is 0 Å². The molecule has 0 radical (unpaired) electrons. The molecule has 1 aromatic carbocycles. The van der Waals surface area contributed by atoms with E-state index >= 15 is 0 Å². The highest BCUT2D eigenvalue weighted by molar-refractivity contribution is 5.78. The summed E-state index contributed by atoms with van der Waals surface area (Å²) in [4.78, 5) is 27.4. The van der Waals surface area contributed by atoms with Gasteiger partial charge in [-0.15, -0.1) is 0 Å². The number of ether oxygens (including phenoxy) is 1. The van der Waals surface area contributed by atoms with Crippen molar-refractivity contribution < 1.29 is 18.8 Å². The molecule has 2 atom stereocenters. The van der Waals surface area contributed by atoms with E-state index in [4.69, 9.17) is 9.26 Å². The number of carbonyl (C=O) groups is 2. The van der Waals surface area contributed by atoms with Crippen molar-refractivity contribution >= 4 is 11.8 Å². The molecule has 0 bridgehead atoms. The molecule has 0 saturated carbocycles. The Kier molecular flexibility index (Phi) is 6.93. The molecule has 2 aliphatic rings. The Hall–Kier alpha value is -3.09. The van der Waals surface area contributed by atoms with E-state index in [-0.39, 0.29) is 30.4 Å². The number of likely N-dealkylation sites (tertiary alicyclic amines) is 1. The lowest BCUT2D eigenvalue weighted by atomic mass is 9.88. The number of aromatic nitrogens is 1. The summed E-state index contributed by atoms with van der Waals surface area (Å²) >= 11 is 0. The van der Waals surface area contributed by atoms with E-state index in [1.165, 1.54) is 0 Å². The van der Waals surface area contributed by atoms with Crippen molar-refractivity contribution in [2.24, 2.45) is 5.92 Å². The number of para-hydroxylation sites is 1. The van der Waals surface area contributed by atoms with Gasteiger partial charge in [0.25, 0.3) is 5.91 Å². The van der Waals surface area contributed by atoms with E-state index < -0.39 is 0 Å². The van der Waals surface area contributed by atoms with Crippen molar-refractivity contribution in [3.8, 4) is 5.75 Å². The fourth-order valence-electron chi connectivity index (χ4n) is 4.62. The first kappa shape index (κ1) is 22.1. The van der Waals surface area contributed by atoms with Gasteiger partial charge in [-0.3, -0.25) is 9.59 Å². The third kappa shape index (κ3) is 5.21. The number of rotatable bonds is 3. The van der Waals surface area contributed by atoms with E-state index in [1.807, 2.05) is 43.0 Å². The molecule has 0 unspecified atom stereocenters. The molecule has 2 aromatic rings. The van der Waals surface area contributed by atoms with Crippen molar-refractivity contribution in [3.05, 3.63) is 59.0 Å². The fourth-order valence-corrected chi connectivity index (χ4v) is 4.62. The summed E-state index contributed by atoms with van der Waals surface area (Å²) in [5.74, 6) is 1.74. The molecule has 2 amide bonds. The Labute approximate surface area is 188 Å². The van der Waals surface area contributed by atoms with E-state index in [9.17, 15) is 9.59 Å². The molecule has 0 spiro atoms. The zero-order valence-electron chi connectivity index (χ0n) is 18.8. The summed E-state index contributed by atoms with van der Waals surface area (Å²) in [6.07, 6.45) is 7.72. The fraction of sp³-hybridized carbons (Fsp3) is 0.480. The van der Waals surface area contributed by atoms with Crippen molar-refractivity contribution in [2.45, 2.75) is 52.0 Å². The standard InChI is InChI=1S/C25H31N3O4/c1-17-21(18(2)32-27-17)11-12-25(30)28-14-13-22-20(15-28)9-4-3-7-19-8-5-6-10-23(19)31-16-24(29)26-22/h3-6,8,10,20,22H,7,9,11-16H2,1-2H3,(H,26,29)/b4-3+/t20-,22+/m0/s1. The topological polar surface area (TPSA) is 84.7 Å². The van der Waals surface area contributed by atoms with E-state index in [0.29, 0.717) is 25.9 Å². The molecule has 1 fully saturated rings. The zero-order valence-corrected chi connectivity index (χ0v) is 18.8. The minimum absolute atomic E-state index is 0.00400. The Morgan fingerprint density at radius 3 is 2.91 bits per heavy atom. The van der Waals surface area contributed by atoms with Gasteiger partial charge in [0.1, 0.15) is 11.5 Å². The lowest BCUT2D eigenvalue weighted by Crippen LogP contribution is -2.53. The average Bonchev–Trinajstić information content (AvgIpc) is 3.11. The smallest absolute Gasteiger partial charge is 0.258 e. The average molecular weight is 438 g/mol. The number of nitrogens with zero attached hydrogens (tertiary/aromatic N) is 2. The highest BCUT2D eigenvalue weighted by atomic mass is 16.5. The van der Waals surface area contributed by atoms with Crippen LogP contribution in [-0.2, 0) is 22.4 Å². The van der Waals surface area contributed by atoms with Crippen molar-refractivity contribution in [1.82, 2.24) is 15.4 Å². The van der Waals surface area contributed by atoms with Crippen molar-refractivity contribution in [1.29, 1.82) is 0 Å². The molecule has 1 aromatic heterocycles. The molecular weight excluding hydrogens is 406 g/mol. The number of piperidine rings is 1. The predicted molar refractivity (Wildman–Crippen MR) is 120 cm³/mol. The van der Waals surface area contributed by atoms with Gasteiger partial charge in [-0.05, 0) is 51.2 Å². The van der Waals surface area contributed by atoms with Crippen LogP contribution in [0.2, 0.25) is 0 Å². The maximum absolute atomic E-state index is 12.9. The van der Waals surface area contributed by atoms with Crippen LogP contribution in [0.1, 0.15) is 41.8 Å². The van der Waals surface area contributed by atoms with Crippen LogP contribution in [-0.4, -0.2) is 47.6 Å². The van der Waals surface area contributed by atoms with Crippen molar-refractivity contribution in [2.75, 3.05) is 19.7 Å². The molecule has 0 aliphatic carbocycles. The van der Waals surface area contributed by atoms with Crippen LogP contribution < -0.4 is 10.1 Å². The largest absolute Gasteiger partial charge is 0.483 e. The lowest BCUT2D eigenvalue weighted by molar-refractivity contribution is -0.133. The van der Waals surface area contributed by atoms with Gasteiger partial charge in [-0.25, -0.2) is 0 Å². The number of nitrogens with one attached hydrogen (secondary N) is 1. The Balaban J connectivity index is 1.40. The normalized spacial score (nSPS) is 22.4. The monoisotopic (exact) mass is 437 g/mol. The van der Waals surface area contributed by atoms with Gasteiger partial charge >= 0.3 is 0 Å². The number of benzene rings is 1. The first-order valence-corrected chi connectivity index (χ1v) is 11.4. The van der Waals surface area contributed by atoms with E-state index in [0.717, 1.165) is 47.6 Å². The quantitative estimate of drug-likeness (QED) is 0.746. The zero-order chi connectivity index (χ0) is 22.5. The number of hydrogen-bond acceptors (Lipinski definition) is 5. The van der Waals surface area contributed by atoms with Gasteiger partial charge in [0.05, 0.1) is 5.69 Å². The van der Waals surface area contributed by atoms with Crippen LogP contribution in [0.3, 0.4) is 0 Å². The lowest BCUT2D eigenvalue weighted by Gasteiger charge is -2.39. The summed E-state index contributed by atoms with van der Waals surface area (Å²) < 4.78 is 11.0. The van der Waals surface area contributed by atoms with Gasteiger partial charge < -0.3 is 19.5 Å². The third-order valence-electron chi connectivity index (χ3n) is 6.48. The minimum Gasteiger partial charge on any atom is -0.483 e. The van der Waals surface area contributed by atoms with Crippen LogP contribution in [0.15, 0.2) is 40.9 Å². The summed E-state index contributed by atoms with van der Waals surface area (Å²) in [7, 11) is 0. The van der Waals surface area contributed by atoms with Crippen molar-refractivity contribution in [3.63, 3.8) is 0 Å². The first-order chi connectivity index (χ1) is 15.5. The second kappa shape index (κ2) is 10.0. The number of aryl methyl sites for hydroxylation is 2. The SMILES string of the molecule is Cc1noc(C)c1CCC(=O)N1CC[C@H]2NC(=O)COc3ccccc3C/C=C/C[C@H]2C1. The number of hydrogen-bond donors (Lipinski definition) is 1. The molecule has 32 heavy (non-hydrogen) atoms. The molecule has 2 aliphatic heterocycles. The molecule has 7 heteroatoms. The minimum atomic E-state index is -0.113. The number of carbonyl (C=O) groups excluding carboxylic acids is 2. The van der Waals surface area contributed by atoms with Crippen LogP contribution in [0, 0.1) is 19.8 Å². The first-order valence-electron chi connectivity index (χ1n) is 11.4. The number of fused-ring (bicyclic) bond motifs is 2. The maximum atomic E-state index is 12.9. The Morgan fingerprint density at radius 1 is 1.25 bits per heavy atom. The summed E-state index contributed by atoms with van der Waals surface area (Å²) in [5, 5.41) is 7.11. The summed E-state index contributed by atoms with van der Waals surface area (Å²) in [6.45, 7) is 5.09. The maximum Gasteiger partial charge on any atom is 0.258 e. The summed E-state index contributed by atoms with van der Waals surface area (Å²) in [6, 6.07) is 7.85. The molecule has 4 rings (SSSR count). The van der Waals surface area contributed by atoms with Crippen LogP contribution in [0.5, 0.6) is 5.75 Å². The predicted octanol–water partition coefficient (Wildman–Crippen LogP) is 3.14. The van der Waals surface area contributed by atoms with Gasteiger partial charge in [-0.1, -0.05) is 35.5 Å². The number of allylic oxidation sites excluding steroid dienone is 2. The highest BCUT2D eigenvalue weighted by Gasteiger charge is 2.32. The molecule has 170 valence electrons. The molecule has 3 heterocycles.